The van der Waals surface area contributed by atoms with Crippen molar-refractivity contribution in [2.75, 3.05) is 0 Å². The summed E-state index contributed by atoms with van der Waals surface area (Å²) in [4.78, 5) is 11.6. The molecular formula is C18H32O3. The molecule has 1 saturated heterocycles. The Hall–Kier alpha value is -0.570. The van der Waals surface area contributed by atoms with Crippen LogP contribution in [-0.4, -0.2) is 18.4 Å². The Morgan fingerprint density at radius 2 is 2.10 bits per heavy atom. The topological polar surface area (TPSA) is 35.5 Å². The predicted octanol–water partition coefficient (Wildman–Crippen LogP) is 4.54. The molecule has 1 heterocycles. The first-order valence-electron chi connectivity index (χ1n) is 8.86. The normalized spacial score (nSPS) is 37.0. The third-order valence-corrected chi connectivity index (χ3v) is 5.26. The summed E-state index contributed by atoms with van der Waals surface area (Å²) in [5, 5.41) is 0. The zero-order valence-electron chi connectivity index (χ0n) is 14.1. The Bertz CT molecular complexity index is 339. The van der Waals surface area contributed by atoms with Crippen molar-refractivity contribution in [1.82, 2.24) is 0 Å². The average molecular weight is 296 g/mol. The van der Waals surface area contributed by atoms with E-state index in [0.29, 0.717) is 18.3 Å². The number of carbonyl (C=O) groups is 1. The molecule has 0 bridgehead atoms. The molecule has 0 N–H and O–H groups in total. The first-order chi connectivity index (χ1) is 10.0. The second kappa shape index (κ2) is 7.62. The number of unbranched alkanes of at least 4 members (excludes halogenated alkanes) is 1. The molecule has 0 radical (unpaired) electrons. The van der Waals surface area contributed by atoms with E-state index in [4.69, 9.17) is 9.47 Å². The molecule has 1 aliphatic heterocycles. The highest BCUT2D eigenvalue weighted by Gasteiger charge is 2.40. The number of rotatable bonds is 6. The lowest BCUT2D eigenvalue weighted by atomic mass is 9.75. The van der Waals surface area contributed by atoms with E-state index in [2.05, 4.69) is 27.7 Å². The van der Waals surface area contributed by atoms with Crippen LogP contribution < -0.4 is 0 Å². The maximum Gasteiger partial charge on any atom is 0.308 e. The highest BCUT2D eigenvalue weighted by molar-refractivity contribution is 5.71. The van der Waals surface area contributed by atoms with Crippen LogP contribution in [0.4, 0.5) is 0 Å². The fraction of sp³-hybridized carbons (Fsp3) is 0.944. The molecule has 0 spiro atoms. The van der Waals surface area contributed by atoms with Gasteiger partial charge in [0.05, 0.1) is 12.5 Å². The fourth-order valence-electron chi connectivity index (χ4n) is 3.87. The lowest BCUT2D eigenvalue weighted by molar-refractivity contribution is -0.196. The second-order valence-corrected chi connectivity index (χ2v) is 7.47. The van der Waals surface area contributed by atoms with E-state index in [1.165, 1.54) is 12.8 Å². The van der Waals surface area contributed by atoms with Crippen LogP contribution >= 0.6 is 0 Å². The van der Waals surface area contributed by atoms with Crippen molar-refractivity contribution in [3.05, 3.63) is 0 Å². The van der Waals surface area contributed by atoms with E-state index in [9.17, 15) is 4.79 Å². The van der Waals surface area contributed by atoms with Gasteiger partial charge in [0.2, 0.25) is 6.29 Å². The maximum absolute atomic E-state index is 11.6. The molecule has 0 aromatic rings. The molecule has 1 aliphatic carbocycles. The van der Waals surface area contributed by atoms with E-state index < -0.39 is 0 Å². The number of carbonyl (C=O) groups excluding carboxylic acids is 1. The van der Waals surface area contributed by atoms with Gasteiger partial charge in [-0.2, -0.15) is 0 Å². The van der Waals surface area contributed by atoms with E-state index in [0.717, 1.165) is 31.6 Å². The molecule has 5 atom stereocenters. The van der Waals surface area contributed by atoms with Crippen LogP contribution in [0.2, 0.25) is 0 Å². The molecule has 0 amide bonds. The van der Waals surface area contributed by atoms with Crippen LogP contribution in [0.15, 0.2) is 0 Å². The summed E-state index contributed by atoms with van der Waals surface area (Å²) < 4.78 is 11.8. The van der Waals surface area contributed by atoms with Crippen molar-refractivity contribution >= 4 is 5.97 Å². The highest BCUT2D eigenvalue weighted by atomic mass is 16.7. The van der Waals surface area contributed by atoms with Crippen LogP contribution in [0.5, 0.6) is 0 Å². The highest BCUT2D eigenvalue weighted by Crippen LogP contribution is 2.38. The molecule has 0 aromatic carbocycles. The summed E-state index contributed by atoms with van der Waals surface area (Å²) in [6.45, 7) is 9.06. The molecule has 2 rings (SSSR count). The van der Waals surface area contributed by atoms with Crippen LogP contribution in [0.25, 0.3) is 0 Å². The summed E-state index contributed by atoms with van der Waals surface area (Å²) in [5.74, 6) is 2.14. The largest absolute Gasteiger partial charge is 0.435 e. The maximum atomic E-state index is 11.6. The van der Waals surface area contributed by atoms with Gasteiger partial charge in [-0.15, -0.1) is 0 Å². The molecule has 0 aromatic heterocycles. The molecule has 3 nitrogen and oxygen atoms in total. The molecule has 0 unspecified atom stereocenters. The first kappa shape index (κ1) is 16.8. The van der Waals surface area contributed by atoms with E-state index in [-0.39, 0.29) is 24.3 Å². The van der Waals surface area contributed by atoms with Crippen molar-refractivity contribution in [2.45, 2.75) is 85.0 Å². The number of ether oxygens (including phenoxy) is 2. The zero-order chi connectivity index (χ0) is 15.4. The molecule has 2 aliphatic rings. The van der Waals surface area contributed by atoms with E-state index in [1.807, 2.05) is 0 Å². The second-order valence-electron chi connectivity index (χ2n) is 7.47. The number of esters is 1. The fourth-order valence-corrected chi connectivity index (χ4v) is 3.87. The summed E-state index contributed by atoms with van der Waals surface area (Å²) in [6, 6.07) is 0. The lowest BCUT2D eigenvalue weighted by Gasteiger charge is -2.38. The smallest absolute Gasteiger partial charge is 0.308 e. The van der Waals surface area contributed by atoms with Crippen LogP contribution in [0.1, 0.15) is 72.6 Å². The Labute approximate surface area is 129 Å². The summed E-state index contributed by atoms with van der Waals surface area (Å²) in [5.41, 5.74) is 0. The van der Waals surface area contributed by atoms with Crippen molar-refractivity contribution in [2.24, 2.45) is 23.7 Å². The van der Waals surface area contributed by atoms with Gasteiger partial charge in [-0.1, -0.05) is 47.0 Å². The molecular weight excluding hydrogens is 264 g/mol. The minimum atomic E-state index is -0.291. The summed E-state index contributed by atoms with van der Waals surface area (Å²) in [6.07, 6.45) is 7.51. The number of hydrogen-bond acceptors (Lipinski definition) is 3. The first-order valence-corrected chi connectivity index (χ1v) is 8.86. The SMILES string of the molecule is CCCC[C@H]1CC(=O)O[C@@H]1O[C@@H]1C[C@H](C)CC[C@H]1C(C)C. The van der Waals surface area contributed by atoms with Gasteiger partial charge >= 0.3 is 5.97 Å². The van der Waals surface area contributed by atoms with Crippen LogP contribution in [-0.2, 0) is 14.3 Å². The van der Waals surface area contributed by atoms with Crippen LogP contribution in [0.3, 0.4) is 0 Å². The minimum Gasteiger partial charge on any atom is -0.435 e. The van der Waals surface area contributed by atoms with E-state index in [1.54, 1.807) is 0 Å². The quantitative estimate of drug-likeness (QED) is 0.675. The molecule has 122 valence electrons. The van der Waals surface area contributed by atoms with Gasteiger partial charge in [0.15, 0.2) is 0 Å². The monoisotopic (exact) mass is 296 g/mol. The Morgan fingerprint density at radius 1 is 1.33 bits per heavy atom. The van der Waals surface area contributed by atoms with Crippen molar-refractivity contribution in [3.8, 4) is 0 Å². The van der Waals surface area contributed by atoms with Crippen molar-refractivity contribution in [3.63, 3.8) is 0 Å². The van der Waals surface area contributed by atoms with Crippen molar-refractivity contribution < 1.29 is 14.3 Å². The predicted molar refractivity (Wildman–Crippen MR) is 83.7 cm³/mol. The molecule has 1 saturated carbocycles. The van der Waals surface area contributed by atoms with Gasteiger partial charge in [-0.3, -0.25) is 4.79 Å². The standard InChI is InChI=1S/C18H32O3/c1-5-6-7-14-11-17(19)21-18(14)20-16-10-13(4)8-9-15(16)12(2)3/h12-16,18H,5-11H2,1-4H3/t13-,14+,15+,16-,18+/m1/s1. The molecule has 2 fully saturated rings. The van der Waals surface area contributed by atoms with E-state index >= 15 is 0 Å². The minimum absolute atomic E-state index is 0.0777. The van der Waals surface area contributed by atoms with Crippen molar-refractivity contribution in [1.29, 1.82) is 0 Å². The third kappa shape index (κ3) is 4.45. The average Bonchev–Trinajstić information content (AvgIpc) is 2.76. The summed E-state index contributed by atoms with van der Waals surface area (Å²) in [7, 11) is 0. The van der Waals surface area contributed by atoms with Gasteiger partial charge in [0.25, 0.3) is 0 Å². The lowest BCUT2D eigenvalue weighted by Crippen LogP contribution is -2.38. The molecule has 21 heavy (non-hydrogen) atoms. The van der Waals surface area contributed by atoms with Gasteiger partial charge in [0.1, 0.15) is 0 Å². The van der Waals surface area contributed by atoms with Gasteiger partial charge < -0.3 is 9.47 Å². The Balaban J connectivity index is 1.97. The van der Waals surface area contributed by atoms with Gasteiger partial charge in [-0.05, 0) is 37.0 Å². The van der Waals surface area contributed by atoms with Gasteiger partial charge in [0, 0.05) is 5.92 Å². The third-order valence-electron chi connectivity index (χ3n) is 5.26. The zero-order valence-corrected chi connectivity index (χ0v) is 14.1. The molecule has 3 heteroatoms. The van der Waals surface area contributed by atoms with Crippen LogP contribution in [0, 0.1) is 23.7 Å². The van der Waals surface area contributed by atoms with Gasteiger partial charge in [-0.25, -0.2) is 0 Å². The number of hydrogen-bond donors (Lipinski definition) is 0. The number of cyclic esters (lactones) is 1. The summed E-state index contributed by atoms with van der Waals surface area (Å²) >= 11 is 0. The Kier molecular flexibility index (Phi) is 6.09. The Morgan fingerprint density at radius 3 is 2.76 bits per heavy atom.